The molecule has 1 aromatic carbocycles. The van der Waals surface area contributed by atoms with Gasteiger partial charge >= 0.3 is 0 Å². The molecular formula is C11H12N2. The Morgan fingerprint density at radius 1 is 1.31 bits per heavy atom. The third-order valence-electron chi connectivity index (χ3n) is 2.86. The van der Waals surface area contributed by atoms with Gasteiger partial charge in [0.1, 0.15) is 0 Å². The van der Waals surface area contributed by atoms with Crippen LogP contribution >= 0.6 is 0 Å². The van der Waals surface area contributed by atoms with Gasteiger partial charge in [-0.2, -0.15) is 0 Å². The monoisotopic (exact) mass is 172 g/mol. The Morgan fingerprint density at radius 3 is 2.92 bits per heavy atom. The van der Waals surface area contributed by atoms with Gasteiger partial charge in [-0.25, -0.2) is 0 Å². The predicted molar refractivity (Wildman–Crippen MR) is 53.6 cm³/mol. The fourth-order valence-electron chi connectivity index (χ4n) is 1.99. The van der Waals surface area contributed by atoms with Gasteiger partial charge in [0.05, 0.1) is 0 Å². The highest BCUT2D eigenvalue weighted by atomic mass is 14.8. The van der Waals surface area contributed by atoms with Gasteiger partial charge in [0, 0.05) is 23.7 Å². The molecule has 2 nitrogen and oxygen atoms in total. The van der Waals surface area contributed by atoms with E-state index in [1.165, 1.54) is 16.5 Å². The van der Waals surface area contributed by atoms with Crippen LogP contribution < -0.4 is 5.73 Å². The molecule has 1 heterocycles. The van der Waals surface area contributed by atoms with Gasteiger partial charge in [-0.15, -0.1) is 0 Å². The molecule has 0 bridgehead atoms. The Labute approximate surface area is 76.8 Å². The van der Waals surface area contributed by atoms with E-state index in [1.54, 1.807) is 0 Å². The number of para-hydroxylation sites is 1. The van der Waals surface area contributed by atoms with Crippen molar-refractivity contribution in [3.8, 4) is 0 Å². The van der Waals surface area contributed by atoms with Gasteiger partial charge < -0.3 is 10.7 Å². The lowest BCUT2D eigenvalue weighted by Gasteiger charge is -2.00. The molecule has 66 valence electrons. The first-order valence-electron chi connectivity index (χ1n) is 4.68. The fourth-order valence-corrected chi connectivity index (χ4v) is 1.99. The molecule has 1 aliphatic rings. The van der Waals surface area contributed by atoms with E-state index in [2.05, 4.69) is 29.2 Å². The zero-order valence-corrected chi connectivity index (χ0v) is 7.33. The van der Waals surface area contributed by atoms with E-state index >= 15 is 0 Å². The van der Waals surface area contributed by atoms with E-state index in [1.807, 2.05) is 6.20 Å². The van der Waals surface area contributed by atoms with Crippen LogP contribution in [-0.4, -0.2) is 11.0 Å². The van der Waals surface area contributed by atoms with Gasteiger partial charge in [0.15, 0.2) is 0 Å². The molecule has 0 aliphatic heterocycles. The summed E-state index contributed by atoms with van der Waals surface area (Å²) in [6.07, 6.45) is 3.13. The van der Waals surface area contributed by atoms with Crippen molar-refractivity contribution < 1.29 is 0 Å². The summed E-state index contributed by atoms with van der Waals surface area (Å²) >= 11 is 0. The van der Waals surface area contributed by atoms with Gasteiger partial charge in [0.2, 0.25) is 0 Å². The minimum Gasteiger partial charge on any atom is -0.361 e. The minimum atomic E-state index is 0.383. The third-order valence-corrected chi connectivity index (χ3v) is 2.86. The zero-order valence-electron chi connectivity index (χ0n) is 7.33. The zero-order chi connectivity index (χ0) is 8.84. The average Bonchev–Trinajstić information content (AvgIpc) is 2.66. The number of benzene rings is 1. The Hall–Kier alpha value is -1.28. The Bertz CT molecular complexity index is 444. The number of rotatable bonds is 1. The van der Waals surface area contributed by atoms with Gasteiger partial charge in [0.25, 0.3) is 0 Å². The third kappa shape index (κ3) is 0.988. The average molecular weight is 172 g/mol. The van der Waals surface area contributed by atoms with E-state index < -0.39 is 0 Å². The van der Waals surface area contributed by atoms with Crippen LogP contribution in [0.15, 0.2) is 30.5 Å². The van der Waals surface area contributed by atoms with Crippen LogP contribution in [0, 0.1) is 0 Å². The number of hydrogen-bond acceptors (Lipinski definition) is 1. The summed E-state index contributed by atoms with van der Waals surface area (Å²) in [4.78, 5) is 3.27. The smallest absolute Gasteiger partial charge is 0.0489 e. The summed E-state index contributed by atoms with van der Waals surface area (Å²) in [5.74, 6) is 0.586. The summed E-state index contributed by atoms with van der Waals surface area (Å²) in [6.45, 7) is 0. The molecule has 0 spiro atoms. The molecule has 0 amide bonds. The molecule has 1 fully saturated rings. The lowest BCUT2D eigenvalue weighted by molar-refractivity contribution is 0.995. The summed E-state index contributed by atoms with van der Waals surface area (Å²) in [5.41, 5.74) is 8.49. The largest absolute Gasteiger partial charge is 0.361 e. The number of aromatic nitrogens is 1. The van der Waals surface area contributed by atoms with Crippen LogP contribution in [0.5, 0.6) is 0 Å². The van der Waals surface area contributed by atoms with E-state index in [4.69, 9.17) is 5.73 Å². The predicted octanol–water partition coefficient (Wildman–Crippen LogP) is 1.98. The van der Waals surface area contributed by atoms with Crippen molar-refractivity contribution in [1.29, 1.82) is 0 Å². The minimum absolute atomic E-state index is 0.383. The first-order valence-corrected chi connectivity index (χ1v) is 4.68. The fraction of sp³-hybridized carbons (Fsp3) is 0.273. The molecule has 1 saturated carbocycles. The second-order valence-electron chi connectivity index (χ2n) is 3.80. The molecule has 0 saturated heterocycles. The highest BCUT2D eigenvalue weighted by molar-refractivity contribution is 5.83. The van der Waals surface area contributed by atoms with E-state index in [0.717, 1.165) is 6.42 Å². The number of H-pyrrole nitrogens is 1. The van der Waals surface area contributed by atoms with E-state index in [0.29, 0.717) is 12.0 Å². The maximum absolute atomic E-state index is 5.84. The van der Waals surface area contributed by atoms with Crippen molar-refractivity contribution in [3.05, 3.63) is 36.0 Å². The van der Waals surface area contributed by atoms with Crippen LogP contribution in [-0.2, 0) is 0 Å². The van der Waals surface area contributed by atoms with Gasteiger partial charge in [-0.3, -0.25) is 0 Å². The molecule has 0 radical (unpaired) electrons. The Kier molecular flexibility index (Phi) is 1.30. The second kappa shape index (κ2) is 2.36. The van der Waals surface area contributed by atoms with Crippen molar-refractivity contribution in [2.45, 2.75) is 18.4 Å². The maximum atomic E-state index is 5.84. The summed E-state index contributed by atoms with van der Waals surface area (Å²) in [7, 11) is 0. The number of nitrogens with two attached hydrogens (primary N) is 1. The lowest BCUT2D eigenvalue weighted by Crippen LogP contribution is -2.01. The normalized spacial score (nSPS) is 26.5. The second-order valence-corrected chi connectivity index (χ2v) is 3.80. The number of fused-ring (bicyclic) bond motifs is 1. The van der Waals surface area contributed by atoms with Gasteiger partial charge in [-0.1, -0.05) is 18.2 Å². The Morgan fingerprint density at radius 2 is 2.15 bits per heavy atom. The van der Waals surface area contributed by atoms with E-state index in [9.17, 15) is 0 Å². The van der Waals surface area contributed by atoms with Crippen LogP contribution in [0.2, 0.25) is 0 Å². The first-order chi connectivity index (χ1) is 6.36. The summed E-state index contributed by atoms with van der Waals surface area (Å²) in [6, 6.07) is 8.90. The molecular weight excluding hydrogens is 160 g/mol. The SMILES string of the molecule is N[C@@H]1C[C@H]1c1cccc2cc[nH]c12. The molecule has 1 aliphatic carbocycles. The molecule has 1 aromatic heterocycles. The van der Waals surface area contributed by atoms with Gasteiger partial charge in [-0.05, 0) is 23.4 Å². The Balaban J connectivity index is 2.22. The quantitative estimate of drug-likeness (QED) is 0.678. The molecule has 13 heavy (non-hydrogen) atoms. The molecule has 2 heteroatoms. The summed E-state index contributed by atoms with van der Waals surface area (Å²) in [5, 5.41) is 1.29. The first kappa shape index (κ1) is 7.15. The molecule has 3 N–H and O–H groups in total. The molecule has 3 rings (SSSR count). The number of aromatic amines is 1. The van der Waals surface area contributed by atoms with Crippen LogP contribution in [0.3, 0.4) is 0 Å². The highest BCUT2D eigenvalue weighted by Crippen LogP contribution is 2.41. The number of nitrogens with one attached hydrogen (secondary N) is 1. The number of hydrogen-bond donors (Lipinski definition) is 2. The highest BCUT2D eigenvalue weighted by Gasteiger charge is 2.35. The molecule has 2 atom stereocenters. The molecule has 0 unspecified atom stereocenters. The topological polar surface area (TPSA) is 41.8 Å². The van der Waals surface area contributed by atoms with Crippen LogP contribution in [0.25, 0.3) is 10.9 Å². The van der Waals surface area contributed by atoms with E-state index in [-0.39, 0.29) is 0 Å². The van der Waals surface area contributed by atoms with Crippen LogP contribution in [0.4, 0.5) is 0 Å². The van der Waals surface area contributed by atoms with Crippen molar-refractivity contribution in [2.24, 2.45) is 5.73 Å². The lowest BCUT2D eigenvalue weighted by atomic mass is 10.1. The standard InChI is InChI=1S/C11H12N2/c12-10-6-9(10)8-3-1-2-7-4-5-13-11(7)8/h1-5,9-10,13H,6,12H2/t9-,10+/m0/s1. The molecule has 2 aromatic rings. The van der Waals surface area contributed by atoms with Crippen LogP contribution in [0.1, 0.15) is 17.9 Å². The maximum Gasteiger partial charge on any atom is 0.0489 e. The van der Waals surface area contributed by atoms with Crippen molar-refractivity contribution in [1.82, 2.24) is 4.98 Å². The van der Waals surface area contributed by atoms with Crippen molar-refractivity contribution in [2.75, 3.05) is 0 Å². The summed E-state index contributed by atoms with van der Waals surface area (Å²) < 4.78 is 0. The van der Waals surface area contributed by atoms with Crippen molar-refractivity contribution in [3.63, 3.8) is 0 Å². The van der Waals surface area contributed by atoms with Crippen molar-refractivity contribution >= 4 is 10.9 Å².